The molecule has 4 rings (SSSR count). The van der Waals surface area contributed by atoms with E-state index in [0.717, 1.165) is 16.9 Å². The Morgan fingerprint density at radius 3 is 2.59 bits per heavy atom. The van der Waals surface area contributed by atoms with E-state index >= 15 is 0 Å². The molecule has 0 spiro atoms. The van der Waals surface area contributed by atoms with E-state index in [9.17, 15) is 4.79 Å². The highest BCUT2D eigenvalue weighted by Crippen LogP contribution is 2.31. The zero-order valence-electron chi connectivity index (χ0n) is 17.1. The van der Waals surface area contributed by atoms with E-state index in [0.29, 0.717) is 22.9 Å². The molecule has 1 atom stereocenters. The van der Waals surface area contributed by atoms with E-state index < -0.39 is 0 Å². The fraction of sp³-hybridized carbons (Fsp3) is 0.304. The van der Waals surface area contributed by atoms with Crippen LogP contribution in [0.5, 0.6) is 0 Å². The van der Waals surface area contributed by atoms with Crippen LogP contribution in [0, 0.1) is 0 Å². The minimum atomic E-state index is -0.126. The normalized spacial score (nSPS) is 12.9. The van der Waals surface area contributed by atoms with Gasteiger partial charge >= 0.3 is 0 Å². The molecule has 0 aliphatic carbocycles. The van der Waals surface area contributed by atoms with Crippen LogP contribution in [0.25, 0.3) is 21.5 Å². The number of nitrogens with zero attached hydrogens (tertiary/aromatic N) is 2. The molecule has 3 aromatic heterocycles. The van der Waals surface area contributed by atoms with Gasteiger partial charge in [0.05, 0.1) is 17.7 Å². The third kappa shape index (κ3) is 3.91. The summed E-state index contributed by atoms with van der Waals surface area (Å²) in [6, 6.07) is 12.4. The Morgan fingerprint density at radius 2 is 1.93 bits per heavy atom. The monoisotopic (exact) mass is 407 g/mol. The molecule has 0 aliphatic rings. The minimum Gasteiger partial charge on any atom is -0.464 e. The van der Waals surface area contributed by atoms with E-state index in [1.54, 1.807) is 6.26 Å². The standard InChI is InChI=1S/C23H25N3O2S/c1-14(2)17-9-7-16(8-10-17)12-26(4)15(3)21-24-22(27)20-18(13-29-23(20)25-21)19-6-5-11-28-19/h5-11,13-15H,12H2,1-4H3,(H,24,25,27). The van der Waals surface area contributed by atoms with Gasteiger partial charge in [-0.2, -0.15) is 0 Å². The summed E-state index contributed by atoms with van der Waals surface area (Å²) in [6.45, 7) is 7.24. The second-order valence-electron chi connectivity index (χ2n) is 7.75. The van der Waals surface area contributed by atoms with Gasteiger partial charge in [0, 0.05) is 17.5 Å². The van der Waals surface area contributed by atoms with Crippen molar-refractivity contribution in [2.75, 3.05) is 7.05 Å². The molecule has 0 saturated carbocycles. The molecular weight excluding hydrogens is 382 g/mol. The number of aromatic nitrogens is 2. The van der Waals surface area contributed by atoms with Gasteiger partial charge in [0.1, 0.15) is 16.4 Å². The van der Waals surface area contributed by atoms with Crippen LogP contribution in [0.15, 0.2) is 57.3 Å². The second kappa shape index (κ2) is 7.97. The van der Waals surface area contributed by atoms with Crippen molar-refractivity contribution in [2.24, 2.45) is 0 Å². The molecule has 1 aromatic carbocycles. The molecule has 5 nitrogen and oxygen atoms in total. The highest BCUT2D eigenvalue weighted by atomic mass is 32.1. The number of nitrogens with one attached hydrogen (secondary N) is 1. The average Bonchev–Trinajstić information content (AvgIpc) is 3.37. The van der Waals surface area contributed by atoms with Gasteiger partial charge in [-0.1, -0.05) is 38.1 Å². The first kappa shape index (κ1) is 19.6. The van der Waals surface area contributed by atoms with Crippen LogP contribution in [0.4, 0.5) is 0 Å². The van der Waals surface area contributed by atoms with Crippen molar-refractivity contribution >= 4 is 21.6 Å². The first-order valence-corrected chi connectivity index (χ1v) is 10.7. The number of hydrogen-bond acceptors (Lipinski definition) is 5. The summed E-state index contributed by atoms with van der Waals surface area (Å²) in [6.07, 6.45) is 1.61. The largest absolute Gasteiger partial charge is 0.464 e. The van der Waals surface area contributed by atoms with E-state index in [4.69, 9.17) is 9.40 Å². The molecule has 0 amide bonds. The molecule has 1 N–H and O–H groups in total. The molecule has 0 radical (unpaired) electrons. The van der Waals surface area contributed by atoms with Crippen LogP contribution in [0.1, 0.15) is 49.7 Å². The van der Waals surface area contributed by atoms with Crippen LogP contribution >= 0.6 is 11.3 Å². The third-order valence-corrected chi connectivity index (χ3v) is 6.26. The number of hydrogen-bond donors (Lipinski definition) is 1. The summed E-state index contributed by atoms with van der Waals surface area (Å²) in [4.78, 5) is 23.5. The van der Waals surface area contributed by atoms with Gasteiger partial charge in [0.25, 0.3) is 5.56 Å². The van der Waals surface area contributed by atoms with E-state index in [1.807, 2.05) is 24.6 Å². The molecule has 0 fully saturated rings. The number of thiophene rings is 1. The van der Waals surface area contributed by atoms with E-state index in [-0.39, 0.29) is 11.6 Å². The van der Waals surface area contributed by atoms with Crippen molar-refractivity contribution in [2.45, 2.75) is 39.3 Å². The van der Waals surface area contributed by atoms with Gasteiger partial charge in [-0.05, 0) is 43.1 Å². The smallest absolute Gasteiger partial charge is 0.260 e. The van der Waals surface area contributed by atoms with Crippen LogP contribution in [-0.4, -0.2) is 21.9 Å². The molecule has 0 bridgehead atoms. The molecule has 1 unspecified atom stereocenters. The first-order valence-electron chi connectivity index (χ1n) is 9.78. The fourth-order valence-corrected chi connectivity index (χ4v) is 4.35. The number of aromatic amines is 1. The molecule has 3 heterocycles. The second-order valence-corrected chi connectivity index (χ2v) is 8.60. The van der Waals surface area contributed by atoms with Crippen molar-refractivity contribution in [3.8, 4) is 11.3 Å². The zero-order chi connectivity index (χ0) is 20.5. The predicted octanol–water partition coefficient (Wildman–Crippen LogP) is 5.56. The lowest BCUT2D eigenvalue weighted by Gasteiger charge is -2.24. The maximum atomic E-state index is 12.8. The van der Waals surface area contributed by atoms with Gasteiger partial charge in [-0.25, -0.2) is 4.98 Å². The van der Waals surface area contributed by atoms with Gasteiger partial charge in [0.15, 0.2) is 0 Å². The first-order chi connectivity index (χ1) is 13.9. The van der Waals surface area contributed by atoms with Crippen molar-refractivity contribution < 1.29 is 4.42 Å². The number of furan rings is 1. The summed E-state index contributed by atoms with van der Waals surface area (Å²) < 4.78 is 5.46. The maximum Gasteiger partial charge on any atom is 0.260 e. The molecule has 4 aromatic rings. The lowest BCUT2D eigenvalue weighted by atomic mass is 10.0. The summed E-state index contributed by atoms with van der Waals surface area (Å²) in [7, 11) is 2.05. The number of rotatable bonds is 6. The van der Waals surface area contributed by atoms with Crippen molar-refractivity contribution in [1.82, 2.24) is 14.9 Å². The quantitative estimate of drug-likeness (QED) is 0.454. The Morgan fingerprint density at radius 1 is 1.17 bits per heavy atom. The Bertz CT molecular complexity index is 1160. The third-order valence-electron chi connectivity index (χ3n) is 5.38. The SMILES string of the molecule is CC(C)c1ccc(CN(C)C(C)c2nc3scc(-c4ccco4)c3c(=O)[nH]2)cc1. The Hall–Kier alpha value is -2.70. The van der Waals surface area contributed by atoms with Gasteiger partial charge < -0.3 is 9.40 Å². The highest BCUT2D eigenvalue weighted by Gasteiger charge is 2.19. The van der Waals surface area contributed by atoms with Crippen molar-refractivity contribution in [3.05, 3.63) is 75.3 Å². The maximum absolute atomic E-state index is 12.8. The number of H-pyrrole nitrogens is 1. The van der Waals surface area contributed by atoms with Crippen LogP contribution in [-0.2, 0) is 6.54 Å². The molecular formula is C23H25N3O2S. The van der Waals surface area contributed by atoms with Crippen molar-refractivity contribution in [1.29, 1.82) is 0 Å². The summed E-state index contributed by atoms with van der Waals surface area (Å²) in [5.74, 6) is 1.89. The summed E-state index contributed by atoms with van der Waals surface area (Å²) >= 11 is 1.47. The van der Waals surface area contributed by atoms with E-state index in [2.05, 4.69) is 54.9 Å². The summed E-state index contributed by atoms with van der Waals surface area (Å²) in [5, 5.41) is 2.52. The Labute approximate surface area is 174 Å². The minimum absolute atomic E-state index is 0.0222. The molecule has 29 heavy (non-hydrogen) atoms. The Kier molecular flexibility index (Phi) is 5.39. The van der Waals surface area contributed by atoms with E-state index in [1.165, 1.54) is 22.5 Å². The van der Waals surface area contributed by atoms with Crippen LogP contribution in [0.2, 0.25) is 0 Å². The van der Waals surface area contributed by atoms with Crippen LogP contribution in [0.3, 0.4) is 0 Å². The lowest BCUT2D eigenvalue weighted by molar-refractivity contribution is 0.244. The molecule has 6 heteroatoms. The average molecular weight is 408 g/mol. The highest BCUT2D eigenvalue weighted by molar-refractivity contribution is 7.17. The predicted molar refractivity (Wildman–Crippen MR) is 118 cm³/mol. The summed E-state index contributed by atoms with van der Waals surface area (Å²) in [5.41, 5.74) is 3.25. The Balaban J connectivity index is 1.58. The topological polar surface area (TPSA) is 62.1 Å². The number of fused-ring (bicyclic) bond motifs is 1. The fourth-order valence-electron chi connectivity index (χ4n) is 3.42. The van der Waals surface area contributed by atoms with Crippen LogP contribution < -0.4 is 5.56 Å². The molecule has 0 aliphatic heterocycles. The number of benzene rings is 1. The zero-order valence-corrected chi connectivity index (χ0v) is 17.9. The van der Waals surface area contributed by atoms with Crippen molar-refractivity contribution in [3.63, 3.8) is 0 Å². The van der Waals surface area contributed by atoms with Gasteiger partial charge in [-0.15, -0.1) is 11.3 Å². The lowest BCUT2D eigenvalue weighted by Crippen LogP contribution is -2.25. The molecule has 150 valence electrons. The van der Waals surface area contributed by atoms with Gasteiger partial charge in [0.2, 0.25) is 0 Å². The molecule has 0 saturated heterocycles. The van der Waals surface area contributed by atoms with Gasteiger partial charge in [-0.3, -0.25) is 9.69 Å².